The first-order valence-electron chi connectivity index (χ1n) is 6.06. The molecule has 2 aromatic rings. The normalized spacial score (nSPS) is 10.8. The summed E-state index contributed by atoms with van der Waals surface area (Å²) in [5, 5.41) is 3.77. The largest absolute Gasteiger partial charge is 0.397 e. The molecule has 0 aliphatic heterocycles. The molecule has 0 atom stereocenters. The van der Waals surface area contributed by atoms with Crippen LogP contribution in [0, 0.1) is 6.92 Å². The molecule has 2 heterocycles. The minimum atomic E-state index is -0.0979. The molecule has 0 saturated carbocycles. The summed E-state index contributed by atoms with van der Waals surface area (Å²) in [4.78, 5) is 17.9. The number of aryl methyl sites for hydroxylation is 1. The molecule has 0 aliphatic rings. The Morgan fingerprint density at radius 2 is 2.32 bits per heavy atom. The first-order chi connectivity index (χ1) is 9.13. The van der Waals surface area contributed by atoms with E-state index < -0.39 is 0 Å². The van der Waals surface area contributed by atoms with E-state index >= 15 is 0 Å². The van der Waals surface area contributed by atoms with Gasteiger partial charge in [0.05, 0.1) is 5.69 Å². The van der Waals surface area contributed by atoms with E-state index in [9.17, 15) is 4.79 Å². The third kappa shape index (κ3) is 3.19. The second kappa shape index (κ2) is 6.25. The summed E-state index contributed by atoms with van der Waals surface area (Å²) in [5.41, 5.74) is 7.49. The maximum atomic E-state index is 12.1. The lowest BCUT2D eigenvalue weighted by atomic mass is 10.2. The minimum Gasteiger partial charge on any atom is -0.397 e. The molecule has 0 radical (unpaired) electrons. The van der Waals surface area contributed by atoms with Crippen molar-refractivity contribution in [3.8, 4) is 0 Å². The Bertz CT molecular complexity index is 595. The zero-order valence-electron chi connectivity index (χ0n) is 11.0. The van der Waals surface area contributed by atoms with E-state index in [4.69, 9.17) is 5.73 Å². The van der Waals surface area contributed by atoms with Crippen LogP contribution in [-0.2, 0) is 0 Å². The Hall–Kier alpha value is -1.27. The Balaban J connectivity index is 2.15. The van der Waals surface area contributed by atoms with Crippen LogP contribution < -0.4 is 11.1 Å². The lowest BCUT2D eigenvalue weighted by Crippen LogP contribution is -2.24. The predicted molar refractivity (Wildman–Crippen MR) is 84.1 cm³/mol. The number of carbonyl (C=O) groups is 1. The number of anilines is 1. The number of aromatic nitrogens is 1. The monoisotopic (exact) mass is 295 g/mol. The summed E-state index contributed by atoms with van der Waals surface area (Å²) in [6, 6.07) is 3.83. The van der Waals surface area contributed by atoms with E-state index in [-0.39, 0.29) is 5.91 Å². The standard InChI is InChI=1S/C13H17N3OS2/c1-8-4-5-9-10(14)11(19-13(9)16-8)12(17)15-6-3-7-18-2/h4-5H,3,6-7,14H2,1-2H3,(H,15,17). The SMILES string of the molecule is CSCCCNC(=O)c1sc2nc(C)ccc2c1N. The maximum Gasteiger partial charge on any atom is 0.263 e. The summed E-state index contributed by atoms with van der Waals surface area (Å²) in [5.74, 6) is 0.947. The molecular formula is C13H17N3OS2. The first kappa shape index (κ1) is 14.1. The molecule has 102 valence electrons. The number of fused-ring (bicyclic) bond motifs is 1. The van der Waals surface area contributed by atoms with Gasteiger partial charge in [-0.3, -0.25) is 4.79 Å². The fourth-order valence-electron chi connectivity index (χ4n) is 1.76. The molecule has 0 spiro atoms. The van der Waals surface area contributed by atoms with Crippen LogP contribution in [0.4, 0.5) is 5.69 Å². The molecule has 0 unspecified atom stereocenters. The van der Waals surface area contributed by atoms with Crippen LogP contribution in [0.3, 0.4) is 0 Å². The number of thioether (sulfide) groups is 1. The molecule has 4 nitrogen and oxygen atoms in total. The van der Waals surface area contributed by atoms with Crippen LogP contribution in [0.25, 0.3) is 10.2 Å². The van der Waals surface area contributed by atoms with E-state index in [1.54, 1.807) is 11.8 Å². The van der Waals surface area contributed by atoms with Gasteiger partial charge in [0.25, 0.3) is 5.91 Å². The van der Waals surface area contributed by atoms with Crippen molar-refractivity contribution < 1.29 is 4.79 Å². The molecule has 1 amide bonds. The molecule has 0 fully saturated rings. The van der Waals surface area contributed by atoms with Gasteiger partial charge in [-0.25, -0.2) is 4.98 Å². The number of hydrogen-bond acceptors (Lipinski definition) is 5. The highest BCUT2D eigenvalue weighted by Gasteiger charge is 2.16. The molecule has 0 aliphatic carbocycles. The Morgan fingerprint density at radius 1 is 1.53 bits per heavy atom. The van der Waals surface area contributed by atoms with Gasteiger partial charge in [0.1, 0.15) is 9.71 Å². The highest BCUT2D eigenvalue weighted by Crippen LogP contribution is 2.32. The Kier molecular flexibility index (Phi) is 4.66. The molecule has 6 heteroatoms. The van der Waals surface area contributed by atoms with E-state index in [1.165, 1.54) is 11.3 Å². The van der Waals surface area contributed by atoms with Gasteiger partial charge >= 0.3 is 0 Å². The van der Waals surface area contributed by atoms with Crippen molar-refractivity contribution in [2.24, 2.45) is 0 Å². The van der Waals surface area contributed by atoms with E-state index in [0.29, 0.717) is 17.1 Å². The van der Waals surface area contributed by atoms with Gasteiger partial charge in [-0.2, -0.15) is 11.8 Å². The van der Waals surface area contributed by atoms with Crippen molar-refractivity contribution in [1.29, 1.82) is 0 Å². The van der Waals surface area contributed by atoms with Crippen molar-refractivity contribution in [2.75, 3.05) is 24.3 Å². The fourth-order valence-corrected chi connectivity index (χ4v) is 3.25. The second-order valence-corrected chi connectivity index (χ2v) is 6.24. The van der Waals surface area contributed by atoms with E-state index in [2.05, 4.69) is 16.6 Å². The summed E-state index contributed by atoms with van der Waals surface area (Å²) in [6.07, 6.45) is 3.02. The number of amides is 1. The van der Waals surface area contributed by atoms with Crippen molar-refractivity contribution in [1.82, 2.24) is 10.3 Å². The second-order valence-electron chi connectivity index (χ2n) is 4.25. The quantitative estimate of drug-likeness (QED) is 0.832. The van der Waals surface area contributed by atoms with Gasteiger partial charge in [0.2, 0.25) is 0 Å². The number of nitrogens with two attached hydrogens (primary N) is 1. The fraction of sp³-hybridized carbons (Fsp3) is 0.385. The van der Waals surface area contributed by atoms with Crippen molar-refractivity contribution >= 4 is 44.9 Å². The average molecular weight is 295 g/mol. The number of rotatable bonds is 5. The molecule has 19 heavy (non-hydrogen) atoms. The topological polar surface area (TPSA) is 68.0 Å². The Labute approximate surface area is 120 Å². The van der Waals surface area contributed by atoms with E-state index in [1.807, 2.05) is 19.1 Å². The average Bonchev–Trinajstić information content (AvgIpc) is 2.71. The highest BCUT2D eigenvalue weighted by molar-refractivity contribution is 7.98. The molecule has 2 rings (SSSR count). The van der Waals surface area contributed by atoms with Crippen LogP contribution in [0.2, 0.25) is 0 Å². The number of thiophene rings is 1. The van der Waals surface area contributed by atoms with Crippen LogP contribution in [-0.4, -0.2) is 29.4 Å². The zero-order valence-corrected chi connectivity index (χ0v) is 12.7. The van der Waals surface area contributed by atoms with E-state index in [0.717, 1.165) is 28.1 Å². The highest BCUT2D eigenvalue weighted by atomic mass is 32.2. The van der Waals surface area contributed by atoms with Crippen LogP contribution >= 0.6 is 23.1 Å². The van der Waals surface area contributed by atoms with Gasteiger partial charge in [0, 0.05) is 17.6 Å². The third-order valence-electron chi connectivity index (χ3n) is 2.75. The number of carbonyl (C=O) groups excluding carboxylic acids is 1. The van der Waals surface area contributed by atoms with Crippen molar-refractivity contribution in [2.45, 2.75) is 13.3 Å². The molecule has 0 bridgehead atoms. The predicted octanol–water partition coefficient (Wildman–Crippen LogP) is 2.67. The van der Waals surface area contributed by atoms with Gasteiger partial charge < -0.3 is 11.1 Å². The number of nitrogens with one attached hydrogen (secondary N) is 1. The summed E-state index contributed by atoms with van der Waals surface area (Å²) in [7, 11) is 0. The first-order valence-corrected chi connectivity index (χ1v) is 8.27. The van der Waals surface area contributed by atoms with Gasteiger partial charge in [-0.05, 0) is 37.5 Å². The lowest BCUT2D eigenvalue weighted by molar-refractivity contribution is 0.0958. The number of hydrogen-bond donors (Lipinski definition) is 2. The smallest absolute Gasteiger partial charge is 0.263 e. The van der Waals surface area contributed by atoms with Crippen LogP contribution in [0.1, 0.15) is 21.8 Å². The van der Waals surface area contributed by atoms with Crippen molar-refractivity contribution in [3.63, 3.8) is 0 Å². The minimum absolute atomic E-state index is 0.0979. The lowest BCUT2D eigenvalue weighted by Gasteiger charge is -2.03. The third-order valence-corrected chi connectivity index (χ3v) is 4.56. The van der Waals surface area contributed by atoms with Crippen LogP contribution in [0.5, 0.6) is 0 Å². The van der Waals surface area contributed by atoms with Gasteiger partial charge in [0.15, 0.2) is 0 Å². The summed E-state index contributed by atoms with van der Waals surface area (Å²) >= 11 is 3.13. The Morgan fingerprint density at radius 3 is 3.05 bits per heavy atom. The zero-order chi connectivity index (χ0) is 13.8. The molecule has 2 aromatic heterocycles. The number of nitrogen functional groups attached to an aromatic ring is 1. The van der Waals surface area contributed by atoms with Gasteiger partial charge in [-0.15, -0.1) is 11.3 Å². The molecule has 0 aromatic carbocycles. The summed E-state index contributed by atoms with van der Waals surface area (Å²) < 4.78 is 0. The number of pyridine rings is 1. The molecular weight excluding hydrogens is 278 g/mol. The summed E-state index contributed by atoms with van der Waals surface area (Å²) in [6.45, 7) is 2.61. The number of nitrogens with zero attached hydrogens (tertiary/aromatic N) is 1. The maximum absolute atomic E-state index is 12.1. The van der Waals surface area contributed by atoms with Crippen LogP contribution in [0.15, 0.2) is 12.1 Å². The van der Waals surface area contributed by atoms with Crippen molar-refractivity contribution in [3.05, 3.63) is 22.7 Å². The molecule has 3 N–H and O–H groups in total. The van der Waals surface area contributed by atoms with Gasteiger partial charge in [-0.1, -0.05) is 0 Å². The molecule has 0 saturated heterocycles.